The second-order valence-corrected chi connectivity index (χ2v) is 14.1. The number of anilines is 1. The lowest BCUT2D eigenvalue weighted by atomic mass is 9.83. The highest BCUT2D eigenvalue weighted by atomic mass is 32.1. The van der Waals surface area contributed by atoms with Gasteiger partial charge in [-0.1, -0.05) is 70.2 Å². The number of nitrogens with zero attached hydrogens (tertiary/aromatic N) is 2. The molecule has 272 valence electrons. The van der Waals surface area contributed by atoms with Crippen molar-refractivity contribution in [1.82, 2.24) is 26.3 Å². The Kier molecular flexibility index (Phi) is 14.3. The average Bonchev–Trinajstić information content (AvgIpc) is 3.64. The highest BCUT2D eigenvalue weighted by Crippen LogP contribution is 2.32. The van der Waals surface area contributed by atoms with Crippen molar-refractivity contribution in [3.8, 4) is 10.4 Å². The van der Waals surface area contributed by atoms with Crippen molar-refractivity contribution in [3.05, 3.63) is 71.9 Å². The van der Waals surface area contributed by atoms with Crippen LogP contribution in [0.1, 0.15) is 46.6 Å². The third-order valence-electron chi connectivity index (χ3n) is 8.62. The number of benzene rings is 2. The number of aliphatic hydroxyl groups excluding tert-OH is 1. The van der Waals surface area contributed by atoms with Crippen LogP contribution < -0.4 is 26.2 Å². The molecule has 0 fully saturated rings. The van der Waals surface area contributed by atoms with Crippen molar-refractivity contribution in [2.75, 3.05) is 32.7 Å². The van der Waals surface area contributed by atoms with E-state index in [1.165, 1.54) is 25.4 Å². The number of alkyl carbamates (subject to hydrolysis) is 2. The zero-order chi connectivity index (χ0) is 37.1. The van der Waals surface area contributed by atoms with Gasteiger partial charge >= 0.3 is 12.2 Å². The van der Waals surface area contributed by atoms with Gasteiger partial charge in [-0.15, -0.1) is 11.3 Å². The molecular weight excluding hydrogens is 660 g/mol. The summed E-state index contributed by atoms with van der Waals surface area (Å²) in [7, 11) is 4.08. The minimum atomic E-state index is -2.27. The van der Waals surface area contributed by atoms with E-state index in [0.717, 1.165) is 23.1 Å². The Morgan fingerprint density at radius 2 is 1.58 bits per heavy atom. The summed E-state index contributed by atoms with van der Waals surface area (Å²) < 4.78 is 9.75. The summed E-state index contributed by atoms with van der Waals surface area (Å²) in [4.78, 5) is 61.9. The van der Waals surface area contributed by atoms with Gasteiger partial charge in [0.1, 0.15) is 6.04 Å². The number of aryl methyl sites for hydroxylation is 1. The second kappa shape index (κ2) is 17.9. The van der Waals surface area contributed by atoms with Crippen LogP contribution in [0.5, 0.6) is 0 Å². The van der Waals surface area contributed by atoms with Gasteiger partial charge in [0, 0.05) is 30.4 Å². The lowest BCUT2D eigenvalue weighted by Crippen LogP contribution is -2.76. The fraction of sp³-hybridized carbons (Fsp3) is 0.472. The molecule has 5 atom stereocenters. The molecule has 4 amide bonds. The normalized spacial score (nSPS) is 15.0. The number of likely N-dealkylation sites (N-methyl/N-ethyl adjacent to an activating group) is 1. The Hall–Kier alpha value is -4.53. The molecule has 3 rings (SSSR count). The van der Waals surface area contributed by atoms with Crippen LogP contribution in [0.2, 0.25) is 0 Å². The van der Waals surface area contributed by atoms with Gasteiger partial charge in [-0.3, -0.25) is 19.9 Å². The van der Waals surface area contributed by atoms with E-state index >= 15 is 4.79 Å². The molecule has 2 aromatic carbocycles. The van der Waals surface area contributed by atoms with Gasteiger partial charge in [-0.25, -0.2) is 9.59 Å². The fourth-order valence-electron chi connectivity index (χ4n) is 5.62. The summed E-state index contributed by atoms with van der Waals surface area (Å²) in [5.41, 5.74) is 1.04. The standard InChI is InChI=1S/C36H50N6O7S/c1-23(24(2)43)36(41-34(47)49-8,40-31(44)30(35(3,4)5)39-33(46)48-7)32(45)42(27-18-15-26(16-19-27)29-21-38-22-50-29)28(20-37-6)17-14-25-12-10-9-11-13-25/h9-13,15-16,18-19,21-24,28,30,37,43H,14,17,20H2,1-8H3,(H,39,46)(H,40,44)(H,41,47)/t23-,24?,28-,30+,36-/m0/s1. The molecule has 0 aliphatic rings. The average molecular weight is 711 g/mol. The summed E-state index contributed by atoms with van der Waals surface area (Å²) in [6.45, 7) is 8.53. The van der Waals surface area contributed by atoms with Crippen LogP contribution in [-0.4, -0.2) is 85.8 Å². The number of hydrogen-bond acceptors (Lipinski definition) is 10. The minimum Gasteiger partial charge on any atom is -0.453 e. The molecule has 0 aliphatic heterocycles. The number of amides is 4. The van der Waals surface area contributed by atoms with Crippen LogP contribution in [0.15, 0.2) is 66.3 Å². The minimum absolute atomic E-state index is 0.342. The lowest BCUT2D eigenvalue weighted by molar-refractivity contribution is -0.140. The maximum absolute atomic E-state index is 15.5. The molecule has 14 heteroatoms. The van der Waals surface area contributed by atoms with Crippen LogP contribution in [0, 0.1) is 11.3 Å². The molecule has 1 aromatic heterocycles. The van der Waals surface area contributed by atoms with Crippen LogP contribution >= 0.6 is 11.3 Å². The first kappa shape index (κ1) is 39.9. The molecule has 0 radical (unpaired) electrons. The van der Waals surface area contributed by atoms with Gasteiger partial charge in [0.05, 0.1) is 30.7 Å². The fourth-order valence-corrected chi connectivity index (χ4v) is 6.25. The first-order chi connectivity index (χ1) is 23.7. The number of nitrogens with one attached hydrogen (secondary N) is 4. The Bertz CT molecular complexity index is 1550. The SMILES string of the molecule is CNC[C@H](CCc1ccccc1)N(C(=O)[C@](NC(=O)OC)(NC(=O)[C@@H](NC(=O)OC)C(C)(C)C)[C@@H](C)C(C)O)c1ccc(-c2cncs2)cc1. The van der Waals surface area contributed by atoms with Gasteiger partial charge in [-0.05, 0) is 55.5 Å². The molecule has 0 saturated carbocycles. The third-order valence-corrected chi connectivity index (χ3v) is 9.44. The molecule has 0 saturated heterocycles. The lowest BCUT2D eigenvalue weighted by Gasteiger charge is -2.45. The molecule has 0 spiro atoms. The zero-order valence-corrected chi connectivity index (χ0v) is 30.8. The van der Waals surface area contributed by atoms with Gasteiger partial charge < -0.3 is 35.4 Å². The van der Waals surface area contributed by atoms with E-state index in [2.05, 4.69) is 26.3 Å². The van der Waals surface area contributed by atoms with Crippen molar-refractivity contribution < 1.29 is 33.8 Å². The molecule has 1 heterocycles. The van der Waals surface area contributed by atoms with Crippen LogP contribution in [0.25, 0.3) is 10.4 Å². The van der Waals surface area contributed by atoms with Crippen molar-refractivity contribution in [2.24, 2.45) is 11.3 Å². The zero-order valence-electron chi connectivity index (χ0n) is 30.0. The first-order valence-electron chi connectivity index (χ1n) is 16.4. The number of carbonyl (C=O) groups is 4. The molecule has 0 bridgehead atoms. The van der Waals surface area contributed by atoms with E-state index in [4.69, 9.17) is 9.47 Å². The molecule has 50 heavy (non-hydrogen) atoms. The molecule has 13 nitrogen and oxygen atoms in total. The highest BCUT2D eigenvalue weighted by molar-refractivity contribution is 7.13. The van der Waals surface area contributed by atoms with E-state index < -0.39 is 59.2 Å². The number of aliphatic hydroxyl groups is 1. The number of ether oxygens (including phenoxy) is 2. The van der Waals surface area contributed by atoms with E-state index in [0.29, 0.717) is 25.1 Å². The number of hydrogen-bond donors (Lipinski definition) is 5. The van der Waals surface area contributed by atoms with Crippen molar-refractivity contribution >= 4 is 41.0 Å². The van der Waals surface area contributed by atoms with E-state index in [1.54, 1.807) is 63.5 Å². The van der Waals surface area contributed by atoms with Crippen LogP contribution in [0.3, 0.4) is 0 Å². The third kappa shape index (κ3) is 10.0. The smallest absolute Gasteiger partial charge is 0.409 e. The molecule has 0 aliphatic carbocycles. The van der Waals surface area contributed by atoms with Crippen LogP contribution in [-0.2, 0) is 25.5 Å². The quantitative estimate of drug-likeness (QED) is 0.144. The second-order valence-electron chi connectivity index (χ2n) is 13.2. The number of thiazole rings is 1. The largest absolute Gasteiger partial charge is 0.453 e. The van der Waals surface area contributed by atoms with Gasteiger partial charge in [-0.2, -0.15) is 0 Å². The number of rotatable bonds is 15. The van der Waals surface area contributed by atoms with Crippen molar-refractivity contribution in [1.29, 1.82) is 0 Å². The molecule has 1 unspecified atom stereocenters. The summed E-state index contributed by atoms with van der Waals surface area (Å²) in [5.74, 6) is -2.63. The van der Waals surface area contributed by atoms with Crippen molar-refractivity contribution in [2.45, 2.75) is 71.3 Å². The molecule has 5 N–H and O–H groups in total. The Morgan fingerprint density at radius 3 is 2.10 bits per heavy atom. The van der Waals surface area contributed by atoms with E-state index in [1.807, 2.05) is 42.5 Å². The van der Waals surface area contributed by atoms with E-state index in [9.17, 15) is 19.5 Å². The van der Waals surface area contributed by atoms with Gasteiger partial charge in [0.2, 0.25) is 11.6 Å². The maximum atomic E-state index is 15.5. The summed E-state index contributed by atoms with van der Waals surface area (Å²) in [6.07, 6.45) is -0.242. The van der Waals surface area contributed by atoms with Gasteiger partial charge in [0.25, 0.3) is 5.91 Å². The Morgan fingerprint density at radius 1 is 0.940 bits per heavy atom. The molecule has 3 aromatic rings. The number of carbonyl (C=O) groups excluding carboxylic acids is 4. The molecular formula is C36H50N6O7S. The van der Waals surface area contributed by atoms with Crippen LogP contribution in [0.4, 0.5) is 15.3 Å². The summed E-state index contributed by atoms with van der Waals surface area (Å²) in [6, 6.07) is 15.5. The van der Waals surface area contributed by atoms with Gasteiger partial charge in [0.15, 0.2) is 0 Å². The number of aromatic nitrogens is 1. The highest BCUT2D eigenvalue weighted by Gasteiger charge is 2.53. The predicted octanol–water partition coefficient (Wildman–Crippen LogP) is 4.32. The van der Waals surface area contributed by atoms with Crippen molar-refractivity contribution in [3.63, 3.8) is 0 Å². The Labute approximate surface area is 298 Å². The van der Waals surface area contributed by atoms with E-state index in [-0.39, 0.29) is 0 Å². The summed E-state index contributed by atoms with van der Waals surface area (Å²) in [5, 5.41) is 22.2. The number of methoxy groups -OCH3 is 2. The first-order valence-corrected chi connectivity index (χ1v) is 17.3. The predicted molar refractivity (Wildman–Crippen MR) is 194 cm³/mol. The summed E-state index contributed by atoms with van der Waals surface area (Å²) >= 11 is 1.48. The topological polar surface area (TPSA) is 171 Å². The maximum Gasteiger partial charge on any atom is 0.409 e. The monoisotopic (exact) mass is 710 g/mol. The Balaban J connectivity index is 2.26.